The summed E-state index contributed by atoms with van der Waals surface area (Å²) in [5, 5.41) is 27.4. The van der Waals surface area contributed by atoms with Gasteiger partial charge in [0.2, 0.25) is 0 Å². The molecule has 0 saturated carbocycles. The number of phenols is 2. The minimum Gasteiger partial charge on any atom is -0.506 e. The predicted octanol–water partition coefficient (Wildman–Crippen LogP) is 3.86. The fraction of sp³-hybridized carbons (Fsp3) is 0. The van der Waals surface area contributed by atoms with Crippen LogP contribution in [0.4, 0.5) is 0 Å². The van der Waals surface area contributed by atoms with E-state index < -0.39 is 0 Å². The van der Waals surface area contributed by atoms with Crippen molar-refractivity contribution in [3.8, 4) is 11.5 Å². The van der Waals surface area contributed by atoms with Gasteiger partial charge in [-0.15, -0.1) is 0 Å². The van der Waals surface area contributed by atoms with Gasteiger partial charge in [0.05, 0.1) is 22.5 Å². The van der Waals surface area contributed by atoms with E-state index in [0.29, 0.717) is 11.1 Å². The summed E-state index contributed by atoms with van der Waals surface area (Å²) in [6.45, 7) is 0. The van der Waals surface area contributed by atoms with Gasteiger partial charge in [0.15, 0.2) is 0 Å². The van der Waals surface area contributed by atoms with Crippen LogP contribution in [0.2, 0.25) is 10.0 Å². The second-order valence-corrected chi connectivity index (χ2v) is 4.66. The minimum absolute atomic E-state index is 0.0567. The molecule has 0 fully saturated rings. The summed E-state index contributed by atoms with van der Waals surface area (Å²) in [5.41, 5.74) is 0.898. The fourth-order valence-corrected chi connectivity index (χ4v) is 1.83. The van der Waals surface area contributed by atoms with Gasteiger partial charge in [0.25, 0.3) is 0 Å². The second-order valence-electron chi connectivity index (χ2n) is 3.84. The summed E-state index contributed by atoms with van der Waals surface area (Å²) in [5.74, 6) is -0.113. The smallest absolute Gasteiger partial charge is 0.142 e. The number of hydrogen-bond acceptors (Lipinski definition) is 4. The maximum atomic E-state index is 9.66. The molecule has 20 heavy (non-hydrogen) atoms. The molecule has 2 aromatic rings. The Morgan fingerprint density at radius 1 is 0.750 bits per heavy atom. The zero-order chi connectivity index (χ0) is 14.5. The van der Waals surface area contributed by atoms with Crippen molar-refractivity contribution in [3.63, 3.8) is 0 Å². The van der Waals surface area contributed by atoms with Crippen LogP contribution in [-0.2, 0) is 0 Å². The molecule has 2 rings (SSSR count). The standard InChI is InChI=1S/C14H10Cl2N2O2/c15-11-5-1-3-9(13(11)19)7-17-18-8-10-4-2-6-12(16)14(10)20/h1-8,19-20H/b17-7+,18-8+. The van der Waals surface area contributed by atoms with E-state index in [1.165, 1.54) is 12.4 Å². The molecule has 0 aliphatic carbocycles. The Labute approximate surface area is 125 Å². The molecule has 0 saturated heterocycles. The van der Waals surface area contributed by atoms with Crippen molar-refractivity contribution in [2.24, 2.45) is 10.2 Å². The first-order valence-corrected chi connectivity index (χ1v) is 6.36. The SMILES string of the molecule is Oc1c(Cl)cccc1/C=N/N=C/c1cccc(Cl)c1O. The lowest BCUT2D eigenvalue weighted by Gasteiger charge is -1.99. The normalized spacial score (nSPS) is 11.5. The molecule has 0 amide bonds. The minimum atomic E-state index is -0.0567. The van der Waals surface area contributed by atoms with E-state index in [0.717, 1.165) is 0 Å². The Morgan fingerprint density at radius 3 is 1.55 bits per heavy atom. The Balaban J connectivity index is 2.15. The Kier molecular flexibility index (Phi) is 4.61. The van der Waals surface area contributed by atoms with Gasteiger partial charge >= 0.3 is 0 Å². The molecule has 6 heteroatoms. The van der Waals surface area contributed by atoms with E-state index in [9.17, 15) is 10.2 Å². The summed E-state index contributed by atoms with van der Waals surface area (Å²) >= 11 is 11.5. The maximum absolute atomic E-state index is 9.66. The third kappa shape index (κ3) is 3.29. The molecule has 0 aliphatic heterocycles. The Bertz CT molecular complexity index is 625. The molecule has 2 aromatic carbocycles. The monoisotopic (exact) mass is 308 g/mol. The lowest BCUT2D eigenvalue weighted by molar-refractivity contribution is 0.474. The molecule has 4 nitrogen and oxygen atoms in total. The van der Waals surface area contributed by atoms with Gasteiger partial charge in [-0.2, -0.15) is 10.2 Å². The number of hydrogen-bond donors (Lipinski definition) is 2. The number of aromatic hydroxyl groups is 2. The molecule has 0 heterocycles. The van der Waals surface area contributed by atoms with E-state index in [-0.39, 0.29) is 21.5 Å². The zero-order valence-corrected chi connectivity index (χ0v) is 11.7. The van der Waals surface area contributed by atoms with Crippen LogP contribution in [0, 0.1) is 0 Å². The molecule has 0 bridgehead atoms. The van der Waals surface area contributed by atoms with Gasteiger partial charge < -0.3 is 10.2 Å². The molecule has 0 aromatic heterocycles. The topological polar surface area (TPSA) is 65.2 Å². The van der Waals surface area contributed by atoms with E-state index in [1.54, 1.807) is 36.4 Å². The largest absolute Gasteiger partial charge is 0.506 e. The zero-order valence-electron chi connectivity index (χ0n) is 10.2. The molecular weight excluding hydrogens is 299 g/mol. The van der Waals surface area contributed by atoms with E-state index in [1.807, 2.05) is 0 Å². The Morgan fingerprint density at radius 2 is 1.15 bits per heavy atom. The third-order valence-corrected chi connectivity index (χ3v) is 3.11. The van der Waals surface area contributed by atoms with E-state index >= 15 is 0 Å². The first-order valence-electron chi connectivity index (χ1n) is 5.61. The molecule has 2 N–H and O–H groups in total. The molecule has 0 aliphatic rings. The third-order valence-electron chi connectivity index (χ3n) is 2.50. The second kappa shape index (κ2) is 6.41. The van der Waals surface area contributed by atoms with Gasteiger partial charge in [-0.3, -0.25) is 0 Å². The van der Waals surface area contributed by atoms with Crippen molar-refractivity contribution in [1.29, 1.82) is 0 Å². The highest BCUT2D eigenvalue weighted by Crippen LogP contribution is 2.26. The van der Waals surface area contributed by atoms with Crippen molar-refractivity contribution in [1.82, 2.24) is 0 Å². The highest BCUT2D eigenvalue weighted by Gasteiger charge is 2.03. The summed E-state index contributed by atoms with van der Waals surface area (Å²) < 4.78 is 0. The molecule has 0 spiro atoms. The predicted molar refractivity (Wildman–Crippen MR) is 81.4 cm³/mol. The van der Waals surface area contributed by atoms with Crippen molar-refractivity contribution in [2.45, 2.75) is 0 Å². The molecule has 0 unspecified atom stereocenters. The van der Waals surface area contributed by atoms with Crippen LogP contribution in [0.15, 0.2) is 46.6 Å². The van der Waals surface area contributed by atoms with Gasteiger partial charge in [0.1, 0.15) is 11.5 Å². The molecule has 0 radical (unpaired) electrons. The molecule has 102 valence electrons. The summed E-state index contributed by atoms with van der Waals surface area (Å²) in [6, 6.07) is 9.82. The van der Waals surface area contributed by atoms with Crippen LogP contribution in [0.3, 0.4) is 0 Å². The average Bonchev–Trinajstić information content (AvgIpc) is 2.43. The van der Waals surface area contributed by atoms with Crippen LogP contribution in [-0.4, -0.2) is 22.6 Å². The lowest BCUT2D eigenvalue weighted by atomic mass is 10.2. The number of halogens is 2. The van der Waals surface area contributed by atoms with Crippen LogP contribution in [0.25, 0.3) is 0 Å². The summed E-state index contributed by atoms with van der Waals surface area (Å²) in [7, 11) is 0. The fourth-order valence-electron chi connectivity index (χ4n) is 1.46. The maximum Gasteiger partial charge on any atom is 0.142 e. The number of phenolic OH excluding ortho intramolecular Hbond substituents is 2. The summed E-state index contributed by atoms with van der Waals surface area (Å²) in [6.07, 6.45) is 2.72. The number of rotatable bonds is 3. The number of benzene rings is 2. The number of nitrogens with zero attached hydrogens (tertiary/aromatic N) is 2. The van der Waals surface area contributed by atoms with Crippen LogP contribution < -0.4 is 0 Å². The van der Waals surface area contributed by atoms with Crippen molar-refractivity contribution < 1.29 is 10.2 Å². The van der Waals surface area contributed by atoms with Gasteiger partial charge in [0, 0.05) is 11.1 Å². The van der Waals surface area contributed by atoms with Gasteiger partial charge in [-0.25, -0.2) is 0 Å². The van der Waals surface area contributed by atoms with Gasteiger partial charge in [-0.1, -0.05) is 35.3 Å². The van der Waals surface area contributed by atoms with E-state index in [4.69, 9.17) is 23.2 Å². The van der Waals surface area contributed by atoms with Crippen LogP contribution in [0.5, 0.6) is 11.5 Å². The lowest BCUT2D eigenvalue weighted by Crippen LogP contribution is -1.84. The molecular formula is C14H10Cl2N2O2. The number of para-hydroxylation sites is 2. The first-order chi connectivity index (χ1) is 9.59. The van der Waals surface area contributed by atoms with Gasteiger partial charge in [-0.05, 0) is 24.3 Å². The van der Waals surface area contributed by atoms with Crippen molar-refractivity contribution >= 4 is 35.6 Å². The van der Waals surface area contributed by atoms with Crippen LogP contribution in [0.1, 0.15) is 11.1 Å². The van der Waals surface area contributed by atoms with Crippen molar-refractivity contribution in [3.05, 3.63) is 57.6 Å². The highest BCUT2D eigenvalue weighted by atomic mass is 35.5. The average molecular weight is 309 g/mol. The molecule has 0 atom stereocenters. The quantitative estimate of drug-likeness (QED) is 0.668. The van der Waals surface area contributed by atoms with Crippen molar-refractivity contribution in [2.75, 3.05) is 0 Å². The Hall–Kier alpha value is -2.04. The van der Waals surface area contributed by atoms with E-state index in [2.05, 4.69) is 10.2 Å². The highest BCUT2D eigenvalue weighted by molar-refractivity contribution is 6.32. The summed E-state index contributed by atoms with van der Waals surface area (Å²) in [4.78, 5) is 0. The first kappa shape index (κ1) is 14.4. The van der Waals surface area contributed by atoms with Crippen LogP contribution >= 0.6 is 23.2 Å².